The molecule has 0 radical (unpaired) electrons. The first-order valence-corrected chi connectivity index (χ1v) is 12.5. The van der Waals surface area contributed by atoms with E-state index in [1.54, 1.807) is 65.5 Å². The molecule has 9 heteroatoms. The second-order valence-corrected chi connectivity index (χ2v) is 9.63. The van der Waals surface area contributed by atoms with E-state index in [4.69, 9.17) is 0 Å². The quantitative estimate of drug-likeness (QED) is 0.354. The summed E-state index contributed by atoms with van der Waals surface area (Å²) in [6.07, 6.45) is 6.02. The number of hydrogen-bond donors (Lipinski definition) is 1. The molecule has 0 spiro atoms. The summed E-state index contributed by atoms with van der Waals surface area (Å²) in [5.41, 5.74) is 2.69. The van der Waals surface area contributed by atoms with Crippen LogP contribution in [0.15, 0.2) is 79.0 Å². The van der Waals surface area contributed by atoms with Crippen LogP contribution < -0.4 is 10.2 Å². The summed E-state index contributed by atoms with van der Waals surface area (Å²) in [5, 5.41) is 7.49. The molecule has 1 saturated carbocycles. The molecule has 2 heterocycles. The average molecular weight is 521 g/mol. The SMILES string of the molecule is C1CC1.CC(F)(F)C(=O)NC1CC(=O)N(c2ccc3c(cnn3-c3ccc(F)cc3)c2)C1c1ccccc1. The standard InChI is InChI=1S/C26H21F3N4O2.C3H6/c1-26(28,29)25(35)31-21-14-23(34)32(24(21)16-5-3-2-4-6-16)20-11-12-22-17(13-20)15-30-33(22)19-9-7-18(27)8-10-19;1-2-3-1/h2-13,15,21,24H,14H2,1H3,(H,31,35);1-3H2. The van der Waals surface area contributed by atoms with Gasteiger partial charge in [0, 0.05) is 24.4 Å². The maximum atomic E-state index is 13.6. The molecule has 2 fully saturated rings. The molecule has 4 aromatic rings. The van der Waals surface area contributed by atoms with Crippen molar-refractivity contribution in [2.24, 2.45) is 0 Å². The first-order valence-electron chi connectivity index (χ1n) is 12.5. The van der Waals surface area contributed by atoms with Gasteiger partial charge in [0.1, 0.15) is 5.82 Å². The largest absolute Gasteiger partial charge is 0.345 e. The third kappa shape index (κ3) is 5.41. The van der Waals surface area contributed by atoms with Gasteiger partial charge in [-0.3, -0.25) is 9.59 Å². The highest BCUT2D eigenvalue weighted by molar-refractivity contribution is 6.00. The molecule has 1 N–H and O–H groups in total. The van der Waals surface area contributed by atoms with E-state index in [0.29, 0.717) is 23.9 Å². The highest BCUT2D eigenvalue weighted by Crippen LogP contribution is 2.39. The number of fused-ring (bicyclic) bond motifs is 1. The predicted octanol–water partition coefficient (Wildman–Crippen LogP) is 5.95. The summed E-state index contributed by atoms with van der Waals surface area (Å²) in [4.78, 5) is 26.7. The average Bonchev–Trinajstić information content (AvgIpc) is 3.67. The predicted molar refractivity (Wildman–Crippen MR) is 139 cm³/mol. The van der Waals surface area contributed by atoms with Crippen molar-refractivity contribution in [1.29, 1.82) is 0 Å². The summed E-state index contributed by atoms with van der Waals surface area (Å²) in [5.74, 6) is -5.64. The number of carbonyl (C=O) groups excluding carboxylic acids is 2. The second-order valence-electron chi connectivity index (χ2n) is 9.63. The van der Waals surface area contributed by atoms with Crippen molar-refractivity contribution in [3.63, 3.8) is 0 Å². The van der Waals surface area contributed by atoms with Crippen LogP contribution in [0.25, 0.3) is 16.6 Å². The summed E-state index contributed by atoms with van der Waals surface area (Å²) >= 11 is 0. The van der Waals surface area contributed by atoms with Gasteiger partial charge in [0.15, 0.2) is 0 Å². The van der Waals surface area contributed by atoms with E-state index >= 15 is 0 Å². The summed E-state index contributed by atoms with van der Waals surface area (Å²) in [6.45, 7) is 0.529. The zero-order valence-corrected chi connectivity index (χ0v) is 20.8. The van der Waals surface area contributed by atoms with E-state index in [1.165, 1.54) is 36.3 Å². The summed E-state index contributed by atoms with van der Waals surface area (Å²) in [7, 11) is 0. The lowest BCUT2D eigenvalue weighted by Gasteiger charge is -2.29. The van der Waals surface area contributed by atoms with Crippen molar-refractivity contribution < 1.29 is 22.8 Å². The van der Waals surface area contributed by atoms with Gasteiger partial charge in [-0.15, -0.1) is 0 Å². The number of nitrogens with one attached hydrogen (secondary N) is 1. The fourth-order valence-corrected chi connectivity index (χ4v) is 4.45. The molecule has 0 bridgehead atoms. The molecule has 6 nitrogen and oxygen atoms in total. The van der Waals surface area contributed by atoms with Crippen molar-refractivity contribution in [3.8, 4) is 5.69 Å². The van der Waals surface area contributed by atoms with Crippen LogP contribution in [-0.4, -0.2) is 33.6 Å². The van der Waals surface area contributed by atoms with Crippen molar-refractivity contribution in [2.75, 3.05) is 4.90 Å². The zero-order valence-electron chi connectivity index (χ0n) is 20.8. The normalized spacial score (nSPS) is 18.7. The zero-order chi connectivity index (χ0) is 26.9. The van der Waals surface area contributed by atoms with Crippen molar-refractivity contribution in [3.05, 3.63) is 90.4 Å². The Morgan fingerprint density at radius 2 is 1.63 bits per heavy atom. The first-order chi connectivity index (χ1) is 18.2. The Hall–Kier alpha value is -4.14. The first kappa shape index (κ1) is 25.5. The molecule has 3 aromatic carbocycles. The minimum atomic E-state index is -3.56. The number of anilines is 1. The maximum Gasteiger partial charge on any atom is 0.321 e. The number of alkyl halides is 2. The van der Waals surface area contributed by atoms with E-state index < -0.39 is 23.9 Å². The van der Waals surface area contributed by atoms with Crippen LogP contribution >= 0.6 is 0 Å². The molecule has 2 aliphatic rings. The maximum absolute atomic E-state index is 13.6. The lowest BCUT2D eigenvalue weighted by Crippen LogP contribution is -2.46. The van der Waals surface area contributed by atoms with Crippen LogP contribution in [0.2, 0.25) is 0 Å². The molecule has 196 valence electrons. The Balaban J connectivity index is 0.000000916. The Kier molecular flexibility index (Phi) is 6.93. The molecule has 2 atom stereocenters. The Bertz CT molecular complexity index is 1440. The van der Waals surface area contributed by atoms with E-state index in [2.05, 4.69) is 10.4 Å². The molecule has 1 aliphatic heterocycles. The number of nitrogens with zero attached hydrogens (tertiary/aromatic N) is 3. The number of aromatic nitrogens is 2. The highest BCUT2D eigenvalue weighted by atomic mass is 19.3. The number of hydrogen-bond acceptors (Lipinski definition) is 3. The van der Waals surface area contributed by atoms with Gasteiger partial charge in [0.2, 0.25) is 5.91 Å². The van der Waals surface area contributed by atoms with Gasteiger partial charge >= 0.3 is 5.92 Å². The fourth-order valence-electron chi connectivity index (χ4n) is 4.45. The van der Waals surface area contributed by atoms with Crippen molar-refractivity contribution in [1.82, 2.24) is 15.1 Å². The fraction of sp³-hybridized carbons (Fsp3) is 0.276. The van der Waals surface area contributed by atoms with E-state index in [9.17, 15) is 22.8 Å². The van der Waals surface area contributed by atoms with Crippen LogP contribution in [0.4, 0.5) is 18.9 Å². The number of halogens is 3. The van der Waals surface area contributed by atoms with Gasteiger partial charge in [-0.05, 0) is 48.0 Å². The van der Waals surface area contributed by atoms with Gasteiger partial charge in [0.25, 0.3) is 5.91 Å². The van der Waals surface area contributed by atoms with Crippen LogP contribution in [0.5, 0.6) is 0 Å². The molecule has 1 aliphatic carbocycles. The van der Waals surface area contributed by atoms with Gasteiger partial charge in [-0.1, -0.05) is 49.6 Å². The molecule has 1 saturated heterocycles. The monoisotopic (exact) mass is 520 g/mol. The molecular weight excluding hydrogens is 493 g/mol. The van der Waals surface area contributed by atoms with E-state index in [1.807, 2.05) is 6.07 Å². The lowest BCUT2D eigenvalue weighted by atomic mass is 9.99. The smallest absolute Gasteiger partial charge is 0.321 e. The Labute approximate surface area is 218 Å². The summed E-state index contributed by atoms with van der Waals surface area (Å²) in [6, 6.07) is 18.7. The topological polar surface area (TPSA) is 67.2 Å². The van der Waals surface area contributed by atoms with Crippen molar-refractivity contribution in [2.45, 2.75) is 50.6 Å². The third-order valence-electron chi connectivity index (χ3n) is 6.43. The number of rotatable bonds is 5. The van der Waals surface area contributed by atoms with Crippen LogP contribution in [0.3, 0.4) is 0 Å². The van der Waals surface area contributed by atoms with Gasteiger partial charge in [-0.25, -0.2) is 9.07 Å². The molecule has 2 unspecified atom stereocenters. The second kappa shape index (κ2) is 10.3. The molecule has 38 heavy (non-hydrogen) atoms. The lowest BCUT2D eigenvalue weighted by molar-refractivity contribution is -0.143. The van der Waals surface area contributed by atoms with E-state index in [-0.39, 0.29) is 18.1 Å². The van der Waals surface area contributed by atoms with Gasteiger partial charge < -0.3 is 10.2 Å². The van der Waals surface area contributed by atoms with Crippen molar-refractivity contribution >= 4 is 28.4 Å². The minimum absolute atomic E-state index is 0.117. The number of carbonyl (C=O) groups is 2. The number of benzene rings is 3. The van der Waals surface area contributed by atoms with Crippen LogP contribution in [0.1, 0.15) is 44.2 Å². The summed E-state index contributed by atoms with van der Waals surface area (Å²) < 4.78 is 42.2. The van der Waals surface area contributed by atoms with E-state index in [0.717, 1.165) is 10.9 Å². The van der Waals surface area contributed by atoms with Gasteiger partial charge in [-0.2, -0.15) is 13.9 Å². The van der Waals surface area contributed by atoms with Gasteiger partial charge in [0.05, 0.1) is 29.5 Å². The molecule has 6 rings (SSSR count). The Morgan fingerprint density at radius 3 is 2.26 bits per heavy atom. The molecule has 2 amide bonds. The minimum Gasteiger partial charge on any atom is -0.345 e. The highest BCUT2D eigenvalue weighted by Gasteiger charge is 2.45. The Morgan fingerprint density at radius 1 is 0.974 bits per heavy atom. The van der Waals surface area contributed by atoms with Crippen LogP contribution in [-0.2, 0) is 9.59 Å². The molecular formula is C29H27F3N4O2. The third-order valence-corrected chi connectivity index (χ3v) is 6.43. The molecule has 1 aromatic heterocycles. The number of amides is 2. The van der Waals surface area contributed by atoms with Crippen LogP contribution in [0, 0.1) is 5.82 Å².